The fourth-order valence-electron chi connectivity index (χ4n) is 3.30. The molecule has 0 N–H and O–H groups in total. The van der Waals surface area contributed by atoms with E-state index in [0.717, 1.165) is 10.3 Å². The van der Waals surface area contributed by atoms with Gasteiger partial charge >= 0.3 is 0 Å². The van der Waals surface area contributed by atoms with Gasteiger partial charge in [0, 0.05) is 15.6 Å². The first kappa shape index (κ1) is 16.6. The Bertz CT molecular complexity index is 1420. The monoisotopic (exact) mass is 386 g/mol. The van der Waals surface area contributed by atoms with Crippen LogP contribution in [0.15, 0.2) is 87.0 Å². The van der Waals surface area contributed by atoms with Gasteiger partial charge in [-0.15, -0.1) is 11.3 Å². The number of hydrogen-bond acceptors (Lipinski definition) is 5. The van der Waals surface area contributed by atoms with Gasteiger partial charge in [0.2, 0.25) is 5.43 Å². The molecule has 0 aliphatic carbocycles. The van der Waals surface area contributed by atoms with Crippen LogP contribution in [0.4, 0.5) is 0 Å². The van der Waals surface area contributed by atoms with E-state index in [1.807, 2.05) is 42.5 Å². The molecule has 0 bridgehead atoms. The van der Waals surface area contributed by atoms with Crippen LogP contribution in [-0.4, -0.2) is 9.55 Å². The maximum absolute atomic E-state index is 13.4. The molecule has 5 aromatic rings. The Hall–Kier alpha value is -3.51. The van der Waals surface area contributed by atoms with Crippen LogP contribution in [0, 0.1) is 0 Å². The minimum absolute atomic E-state index is 0.120. The first-order valence-corrected chi connectivity index (χ1v) is 9.58. The van der Waals surface area contributed by atoms with Crippen molar-refractivity contribution in [1.29, 1.82) is 0 Å². The molecule has 0 fully saturated rings. The van der Waals surface area contributed by atoms with Crippen molar-refractivity contribution in [1.82, 2.24) is 9.55 Å². The van der Waals surface area contributed by atoms with Gasteiger partial charge in [-0.1, -0.05) is 42.5 Å². The summed E-state index contributed by atoms with van der Waals surface area (Å²) in [5.41, 5.74) is 0.169. The molecule has 5 nitrogen and oxygen atoms in total. The molecule has 0 radical (unpaired) electrons. The molecule has 28 heavy (non-hydrogen) atoms. The van der Waals surface area contributed by atoms with Crippen LogP contribution < -0.4 is 11.0 Å². The Balaban J connectivity index is 1.90. The number of nitrogens with zero attached hydrogens (tertiary/aromatic N) is 2. The number of benzene rings is 2. The summed E-state index contributed by atoms with van der Waals surface area (Å²) >= 11 is 1.36. The van der Waals surface area contributed by atoms with Crippen molar-refractivity contribution in [3.8, 4) is 11.4 Å². The van der Waals surface area contributed by atoms with Crippen LogP contribution in [0.25, 0.3) is 31.7 Å². The molecule has 2 aromatic carbocycles. The lowest BCUT2D eigenvalue weighted by molar-refractivity contribution is 0.490. The molecule has 0 saturated carbocycles. The third-order valence-electron chi connectivity index (χ3n) is 4.63. The Morgan fingerprint density at radius 2 is 1.71 bits per heavy atom. The molecule has 136 valence electrons. The molecule has 3 heterocycles. The van der Waals surface area contributed by atoms with E-state index in [0.29, 0.717) is 21.8 Å². The molecule has 0 spiro atoms. The maximum Gasteiger partial charge on any atom is 0.266 e. The Kier molecular flexibility index (Phi) is 3.91. The van der Waals surface area contributed by atoms with Crippen LogP contribution in [0.5, 0.6) is 0 Å². The highest BCUT2D eigenvalue weighted by Crippen LogP contribution is 2.25. The molecule has 0 aliphatic heterocycles. The molecule has 0 atom stereocenters. The summed E-state index contributed by atoms with van der Waals surface area (Å²) in [4.78, 5) is 31.6. The van der Waals surface area contributed by atoms with E-state index >= 15 is 0 Å². The smallest absolute Gasteiger partial charge is 0.266 e. The summed E-state index contributed by atoms with van der Waals surface area (Å²) in [6.45, 7) is 0.204. The SMILES string of the molecule is O=c1c2ccccc2sc2nc(-c3ccccc3)n(Cc3ccco3)c(=O)c12. The highest BCUT2D eigenvalue weighted by Gasteiger charge is 2.18. The Morgan fingerprint density at radius 1 is 0.929 bits per heavy atom. The van der Waals surface area contributed by atoms with Gasteiger partial charge in [0.15, 0.2) is 0 Å². The predicted octanol–water partition coefficient (Wildman–Crippen LogP) is 4.28. The largest absolute Gasteiger partial charge is 0.467 e. The number of hydrogen-bond donors (Lipinski definition) is 0. The number of rotatable bonds is 3. The summed E-state index contributed by atoms with van der Waals surface area (Å²) in [7, 11) is 0. The lowest BCUT2D eigenvalue weighted by Crippen LogP contribution is -2.27. The normalized spacial score (nSPS) is 11.3. The molecule has 0 unspecified atom stereocenters. The van der Waals surface area contributed by atoms with Crippen LogP contribution in [0.3, 0.4) is 0 Å². The molecule has 6 heteroatoms. The minimum atomic E-state index is -0.354. The van der Waals surface area contributed by atoms with E-state index in [1.165, 1.54) is 15.9 Å². The van der Waals surface area contributed by atoms with Gasteiger partial charge in [-0.2, -0.15) is 0 Å². The van der Waals surface area contributed by atoms with Crippen molar-refractivity contribution in [3.63, 3.8) is 0 Å². The summed E-state index contributed by atoms with van der Waals surface area (Å²) in [5.74, 6) is 1.14. The highest BCUT2D eigenvalue weighted by molar-refractivity contribution is 7.24. The third-order valence-corrected chi connectivity index (χ3v) is 5.69. The van der Waals surface area contributed by atoms with E-state index in [-0.39, 0.29) is 22.9 Å². The van der Waals surface area contributed by atoms with Crippen LogP contribution in [0.2, 0.25) is 0 Å². The number of fused-ring (bicyclic) bond motifs is 2. The third kappa shape index (κ3) is 2.66. The number of furan rings is 1. The van der Waals surface area contributed by atoms with Crippen molar-refractivity contribution in [2.75, 3.05) is 0 Å². The van der Waals surface area contributed by atoms with Gasteiger partial charge in [0.1, 0.15) is 21.8 Å². The van der Waals surface area contributed by atoms with Gasteiger partial charge in [-0.05, 0) is 24.3 Å². The van der Waals surface area contributed by atoms with Gasteiger partial charge in [-0.25, -0.2) is 4.98 Å². The van der Waals surface area contributed by atoms with E-state index in [2.05, 4.69) is 0 Å². The molecule has 0 saturated heterocycles. The lowest BCUT2D eigenvalue weighted by atomic mass is 10.2. The highest BCUT2D eigenvalue weighted by atomic mass is 32.1. The van der Waals surface area contributed by atoms with Crippen LogP contribution >= 0.6 is 11.3 Å². The van der Waals surface area contributed by atoms with Crippen molar-refractivity contribution >= 4 is 31.6 Å². The lowest BCUT2D eigenvalue weighted by Gasteiger charge is -2.12. The van der Waals surface area contributed by atoms with Crippen LogP contribution in [-0.2, 0) is 6.54 Å². The summed E-state index contributed by atoms with van der Waals surface area (Å²) in [6, 6.07) is 20.4. The standard InChI is InChI=1S/C22H14N2O3S/c25-19-16-10-4-5-11-17(16)28-21-18(19)22(26)24(13-15-9-6-12-27-15)20(23-21)14-7-2-1-3-8-14/h1-12H,13H2. The first-order valence-electron chi connectivity index (χ1n) is 8.76. The van der Waals surface area contributed by atoms with Crippen molar-refractivity contribution in [2.45, 2.75) is 6.54 Å². The maximum atomic E-state index is 13.4. The molecular weight excluding hydrogens is 372 g/mol. The molecule has 3 aromatic heterocycles. The fraction of sp³-hybridized carbons (Fsp3) is 0.0455. The zero-order valence-electron chi connectivity index (χ0n) is 14.7. The van der Waals surface area contributed by atoms with Crippen molar-refractivity contribution in [3.05, 3.63) is 99.3 Å². The zero-order chi connectivity index (χ0) is 19.1. The van der Waals surface area contributed by atoms with Crippen molar-refractivity contribution < 1.29 is 4.42 Å². The van der Waals surface area contributed by atoms with E-state index in [4.69, 9.17) is 9.40 Å². The van der Waals surface area contributed by atoms with E-state index in [9.17, 15) is 9.59 Å². The van der Waals surface area contributed by atoms with Gasteiger partial charge in [0.05, 0.1) is 12.8 Å². The summed E-state index contributed by atoms with van der Waals surface area (Å²) in [5, 5.41) is 0.658. The second kappa shape index (κ2) is 6.58. The fourth-order valence-corrected chi connectivity index (χ4v) is 4.34. The topological polar surface area (TPSA) is 65.1 Å². The average Bonchev–Trinajstić information content (AvgIpc) is 3.24. The van der Waals surface area contributed by atoms with Crippen LogP contribution in [0.1, 0.15) is 5.76 Å². The Labute approximate surface area is 163 Å². The molecular formula is C22H14N2O3S. The van der Waals surface area contributed by atoms with Gasteiger partial charge in [-0.3, -0.25) is 14.2 Å². The van der Waals surface area contributed by atoms with E-state index < -0.39 is 0 Å². The van der Waals surface area contributed by atoms with Crippen molar-refractivity contribution in [2.24, 2.45) is 0 Å². The van der Waals surface area contributed by atoms with Gasteiger partial charge < -0.3 is 4.42 Å². The zero-order valence-corrected chi connectivity index (χ0v) is 15.5. The number of aromatic nitrogens is 2. The van der Waals surface area contributed by atoms with E-state index in [1.54, 1.807) is 30.5 Å². The first-order chi connectivity index (χ1) is 13.7. The molecule has 5 rings (SSSR count). The minimum Gasteiger partial charge on any atom is -0.467 e. The molecule has 0 aliphatic rings. The molecule has 0 amide bonds. The average molecular weight is 386 g/mol. The predicted molar refractivity (Wildman–Crippen MR) is 111 cm³/mol. The quantitative estimate of drug-likeness (QED) is 0.434. The Morgan fingerprint density at radius 3 is 2.50 bits per heavy atom. The summed E-state index contributed by atoms with van der Waals surface area (Å²) in [6.07, 6.45) is 1.56. The summed E-state index contributed by atoms with van der Waals surface area (Å²) < 4.78 is 7.76. The second-order valence-corrected chi connectivity index (χ2v) is 7.41. The van der Waals surface area contributed by atoms with Gasteiger partial charge in [0.25, 0.3) is 5.56 Å². The second-order valence-electron chi connectivity index (χ2n) is 6.38.